The molecule has 3 saturated heterocycles. The maximum absolute atomic E-state index is 12.5. The number of piperidine rings is 3. The van der Waals surface area contributed by atoms with Crippen molar-refractivity contribution < 1.29 is 14.6 Å². The maximum atomic E-state index is 12.5. The zero-order valence-electron chi connectivity index (χ0n) is 12.0. The first-order chi connectivity index (χ1) is 10.1. The van der Waals surface area contributed by atoms with Crippen molar-refractivity contribution in [2.24, 2.45) is 5.92 Å². The lowest BCUT2D eigenvalue weighted by atomic mass is 9.85. The van der Waals surface area contributed by atoms with Crippen molar-refractivity contribution in [2.45, 2.75) is 31.5 Å². The second kappa shape index (κ2) is 5.80. The molecule has 21 heavy (non-hydrogen) atoms. The Hall–Kier alpha value is -1.35. The average molecular weight is 305 g/mol. The van der Waals surface area contributed by atoms with Gasteiger partial charge in [-0.3, -0.25) is 4.90 Å². The molecule has 1 aromatic rings. The van der Waals surface area contributed by atoms with Gasteiger partial charge in [0, 0.05) is 6.54 Å². The molecule has 2 bridgehead atoms. The predicted octanol–water partition coefficient (Wildman–Crippen LogP) is 1.60. The first-order valence-corrected chi connectivity index (χ1v) is 8.15. The van der Waals surface area contributed by atoms with Crippen molar-refractivity contribution in [1.29, 1.82) is 0 Å². The molecular formula is C16H19NO3S. The Morgan fingerprint density at radius 2 is 2.29 bits per heavy atom. The molecule has 5 heteroatoms. The molecule has 0 saturated carbocycles. The van der Waals surface area contributed by atoms with E-state index in [-0.39, 0.29) is 6.10 Å². The standard InChI is InChI=1S/C16H19NO3S/c1-2-7-16(19,14-4-3-10-21-14)15(18)20-13-11-17-8-5-12(13)6-9-17/h3-4,10,12-13,19H,5-6,8-9,11H2,1H3/t13-,16?/m0/s1. The topological polar surface area (TPSA) is 49.8 Å². The fourth-order valence-electron chi connectivity index (χ4n) is 3.15. The number of ether oxygens (including phenoxy) is 1. The number of fused-ring (bicyclic) bond motifs is 3. The maximum Gasteiger partial charge on any atom is 0.357 e. The highest BCUT2D eigenvalue weighted by atomic mass is 32.1. The van der Waals surface area contributed by atoms with Crippen LogP contribution in [0.15, 0.2) is 17.5 Å². The Morgan fingerprint density at radius 1 is 1.52 bits per heavy atom. The van der Waals surface area contributed by atoms with E-state index in [0.717, 1.165) is 32.5 Å². The quantitative estimate of drug-likeness (QED) is 0.681. The van der Waals surface area contributed by atoms with Gasteiger partial charge in [0.25, 0.3) is 5.60 Å². The molecular weight excluding hydrogens is 286 g/mol. The van der Waals surface area contributed by atoms with Gasteiger partial charge in [-0.15, -0.1) is 17.3 Å². The van der Waals surface area contributed by atoms with Crippen molar-refractivity contribution >= 4 is 17.3 Å². The van der Waals surface area contributed by atoms with Gasteiger partial charge < -0.3 is 9.84 Å². The number of esters is 1. The summed E-state index contributed by atoms with van der Waals surface area (Å²) >= 11 is 1.31. The molecule has 0 aliphatic carbocycles. The molecule has 3 fully saturated rings. The third kappa shape index (κ3) is 2.71. The van der Waals surface area contributed by atoms with Gasteiger partial charge in [-0.05, 0) is 50.2 Å². The minimum atomic E-state index is -1.84. The van der Waals surface area contributed by atoms with E-state index in [0.29, 0.717) is 10.8 Å². The second-order valence-electron chi connectivity index (χ2n) is 5.64. The molecule has 0 amide bonds. The number of carbonyl (C=O) groups excluding carboxylic acids is 1. The molecule has 0 aromatic carbocycles. The van der Waals surface area contributed by atoms with E-state index < -0.39 is 11.6 Å². The van der Waals surface area contributed by atoms with Crippen LogP contribution in [0.3, 0.4) is 0 Å². The summed E-state index contributed by atoms with van der Waals surface area (Å²) in [6.07, 6.45) is 2.01. The monoisotopic (exact) mass is 305 g/mol. The van der Waals surface area contributed by atoms with Crippen LogP contribution in [0, 0.1) is 17.8 Å². The van der Waals surface area contributed by atoms with Crippen LogP contribution in [0.5, 0.6) is 0 Å². The molecule has 1 unspecified atom stereocenters. The van der Waals surface area contributed by atoms with Crippen LogP contribution in [0.2, 0.25) is 0 Å². The number of hydrogen-bond acceptors (Lipinski definition) is 5. The van der Waals surface area contributed by atoms with E-state index in [4.69, 9.17) is 4.74 Å². The average Bonchev–Trinajstić information content (AvgIpc) is 3.03. The van der Waals surface area contributed by atoms with Crippen molar-refractivity contribution in [1.82, 2.24) is 4.90 Å². The van der Waals surface area contributed by atoms with Crippen LogP contribution in [-0.4, -0.2) is 41.7 Å². The largest absolute Gasteiger partial charge is 0.458 e. The van der Waals surface area contributed by atoms with Crippen molar-refractivity contribution in [3.8, 4) is 11.8 Å². The van der Waals surface area contributed by atoms with E-state index in [2.05, 4.69) is 16.7 Å². The van der Waals surface area contributed by atoms with Crippen LogP contribution >= 0.6 is 11.3 Å². The van der Waals surface area contributed by atoms with Crippen LogP contribution < -0.4 is 0 Å². The lowest BCUT2D eigenvalue weighted by molar-refractivity contribution is -0.175. The third-order valence-electron chi connectivity index (χ3n) is 4.33. The van der Waals surface area contributed by atoms with E-state index in [1.807, 2.05) is 5.38 Å². The molecule has 1 N–H and O–H groups in total. The van der Waals surface area contributed by atoms with Gasteiger partial charge in [0.05, 0.1) is 4.88 Å². The fourth-order valence-corrected chi connectivity index (χ4v) is 3.91. The summed E-state index contributed by atoms with van der Waals surface area (Å²) in [7, 11) is 0. The Labute approximate surface area is 128 Å². The Bertz CT molecular complexity index is 566. The number of aliphatic hydroxyl groups is 1. The molecule has 1 aromatic heterocycles. The fraction of sp³-hybridized carbons (Fsp3) is 0.562. The minimum Gasteiger partial charge on any atom is -0.458 e. The van der Waals surface area contributed by atoms with E-state index >= 15 is 0 Å². The van der Waals surface area contributed by atoms with Gasteiger partial charge >= 0.3 is 5.97 Å². The van der Waals surface area contributed by atoms with E-state index in [1.165, 1.54) is 11.3 Å². The van der Waals surface area contributed by atoms with Gasteiger partial charge in [0.15, 0.2) is 0 Å². The van der Waals surface area contributed by atoms with Crippen LogP contribution in [0.1, 0.15) is 24.6 Å². The summed E-state index contributed by atoms with van der Waals surface area (Å²) in [6, 6.07) is 3.51. The Balaban J connectivity index is 1.77. The van der Waals surface area contributed by atoms with E-state index in [1.54, 1.807) is 19.1 Å². The smallest absolute Gasteiger partial charge is 0.357 e. The van der Waals surface area contributed by atoms with Gasteiger partial charge in [0.1, 0.15) is 6.10 Å². The van der Waals surface area contributed by atoms with Gasteiger partial charge in [-0.1, -0.05) is 12.0 Å². The van der Waals surface area contributed by atoms with Crippen LogP contribution in [-0.2, 0) is 15.1 Å². The number of hydrogen-bond donors (Lipinski definition) is 1. The van der Waals surface area contributed by atoms with Crippen LogP contribution in [0.25, 0.3) is 0 Å². The highest BCUT2D eigenvalue weighted by Gasteiger charge is 2.43. The summed E-state index contributed by atoms with van der Waals surface area (Å²) in [4.78, 5) is 15.3. The number of carbonyl (C=O) groups is 1. The van der Waals surface area contributed by atoms with Crippen molar-refractivity contribution in [3.05, 3.63) is 22.4 Å². The lowest BCUT2D eigenvalue weighted by Crippen LogP contribution is -2.53. The normalized spacial score (nSPS) is 30.1. The lowest BCUT2D eigenvalue weighted by Gasteiger charge is -2.44. The molecule has 3 aliphatic rings. The molecule has 0 radical (unpaired) electrons. The molecule has 3 aliphatic heterocycles. The number of rotatable bonds is 3. The SMILES string of the molecule is CC#CC(O)(C(=O)O[C@H]1CN2CCC1CC2)c1cccs1. The summed E-state index contributed by atoms with van der Waals surface area (Å²) < 4.78 is 5.64. The number of nitrogens with zero attached hydrogens (tertiary/aromatic N) is 1. The molecule has 4 rings (SSSR count). The highest BCUT2D eigenvalue weighted by Crippen LogP contribution is 2.32. The molecule has 112 valence electrons. The van der Waals surface area contributed by atoms with Crippen molar-refractivity contribution in [3.63, 3.8) is 0 Å². The van der Waals surface area contributed by atoms with Gasteiger partial charge in [-0.2, -0.15) is 0 Å². The summed E-state index contributed by atoms with van der Waals surface area (Å²) in [5.74, 6) is 5.04. The zero-order valence-corrected chi connectivity index (χ0v) is 12.9. The minimum absolute atomic E-state index is 0.120. The summed E-state index contributed by atoms with van der Waals surface area (Å²) in [5, 5.41) is 12.5. The van der Waals surface area contributed by atoms with Crippen molar-refractivity contribution in [2.75, 3.05) is 19.6 Å². The summed E-state index contributed by atoms with van der Waals surface area (Å²) in [6.45, 7) is 4.56. The molecule has 4 nitrogen and oxygen atoms in total. The predicted molar refractivity (Wildman–Crippen MR) is 80.7 cm³/mol. The van der Waals surface area contributed by atoms with Gasteiger partial charge in [0.2, 0.25) is 0 Å². The third-order valence-corrected chi connectivity index (χ3v) is 5.31. The molecule has 0 spiro atoms. The summed E-state index contributed by atoms with van der Waals surface area (Å²) in [5.41, 5.74) is -1.84. The first kappa shape index (κ1) is 14.6. The zero-order chi connectivity index (χ0) is 14.9. The first-order valence-electron chi connectivity index (χ1n) is 7.27. The van der Waals surface area contributed by atoms with Gasteiger partial charge in [-0.25, -0.2) is 4.79 Å². The van der Waals surface area contributed by atoms with Crippen LogP contribution in [0.4, 0.5) is 0 Å². The Kier molecular flexibility index (Phi) is 4.03. The van der Waals surface area contributed by atoms with E-state index in [9.17, 15) is 9.90 Å². The second-order valence-corrected chi connectivity index (χ2v) is 6.59. The highest BCUT2D eigenvalue weighted by molar-refractivity contribution is 7.10. The molecule has 4 heterocycles. The molecule has 2 atom stereocenters. The number of thiophene rings is 1. The Morgan fingerprint density at radius 3 is 2.81 bits per heavy atom.